The average molecular weight is 247 g/mol. The van der Waals surface area contributed by atoms with E-state index in [0.29, 0.717) is 5.82 Å². The van der Waals surface area contributed by atoms with Crippen LogP contribution in [0.4, 0.5) is 5.82 Å². The third kappa shape index (κ3) is 3.70. The molecule has 1 aromatic heterocycles. The molecule has 0 bridgehead atoms. The summed E-state index contributed by atoms with van der Waals surface area (Å²) >= 11 is 0. The molecule has 3 nitrogen and oxygen atoms in total. The van der Waals surface area contributed by atoms with Gasteiger partial charge >= 0.3 is 0 Å². The number of hydrogen-bond donors (Lipinski definition) is 1. The van der Waals surface area contributed by atoms with Gasteiger partial charge in [-0.05, 0) is 55.8 Å². The lowest BCUT2D eigenvalue weighted by Crippen LogP contribution is -2.24. The Morgan fingerprint density at radius 1 is 1.33 bits per heavy atom. The lowest BCUT2D eigenvalue weighted by molar-refractivity contribution is 0.264. The van der Waals surface area contributed by atoms with Gasteiger partial charge in [0.15, 0.2) is 0 Å². The highest BCUT2D eigenvalue weighted by atomic mass is 15.1. The van der Waals surface area contributed by atoms with Crippen molar-refractivity contribution in [2.24, 2.45) is 11.8 Å². The van der Waals surface area contributed by atoms with Crippen LogP contribution in [0.3, 0.4) is 0 Å². The molecule has 1 saturated heterocycles. The van der Waals surface area contributed by atoms with Crippen LogP contribution in [0, 0.1) is 11.8 Å². The fourth-order valence-corrected chi connectivity index (χ4v) is 2.79. The van der Waals surface area contributed by atoms with Crippen LogP contribution in [-0.2, 0) is 6.54 Å². The first-order chi connectivity index (χ1) is 8.65. The molecule has 1 aliphatic rings. The Morgan fingerprint density at radius 3 is 2.83 bits per heavy atom. The molecule has 18 heavy (non-hydrogen) atoms. The van der Waals surface area contributed by atoms with E-state index in [1.165, 1.54) is 37.9 Å². The van der Waals surface area contributed by atoms with Gasteiger partial charge in [-0.25, -0.2) is 4.98 Å². The predicted octanol–water partition coefficient (Wildman–Crippen LogP) is 2.92. The molecule has 1 unspecified atom stereocenters. The van der Waals surface area contributed by atoms with E-state index in [0.717, 1.165) is 18.4 Å². The first kappa shape index (κ1) is 13.3. The first-order valence-corrected chi connectivity index (χ1v) is 7.08. The molecule has 100 valence electrons. The quantitative estimate of drug-likeness (QED) is 0.893. The molecule has 0 spiro atoms. The number of hydrogen-bond acceptors (Lipinski definition) is 3. The van der Waals surface area contributed by atoms with Crippen LogP contribution in [0.2, 0.25) is 0 Å². The summed E-state index contributed by atoms with van der Waals surface area (Å²) in [5.41, 5.74) is 6.88. The maximum absolute atomic E-state index is 5.61. The van der Waals surface area contributed by atoms with E-state index in [9.17, 15) is 0 Å². The van der Waals surface area contributed by atoms with Crippen LogP contribution in [0.1, 0.15) is 38.7 Å². The lowest BCUT2D eigenvalue weighted by atomic mass is 9.89. The topological polar surface area (TPSA) is 42.1 Å². The SMILES string of the molecule is CC(C)C1CCCN(Cc2ccc(N)nc2)CC1. The summed E-state index contributed by atoms with van der Waals surface area (Å²) in [5, 5.41) is 0. The van der Waals surface area contributed by atoms with Gasteiger partial charge in [-0.3, -0.25) is 4.90 Å². The van der Waals surface area contributed by atoms with Crippen LogP contribution in [0.5, 0.6) is 0 Å². The zero-order valence-electron chi connectivity index (χ0n) is 11.6. The molecule has 2 rings (SSSR count). The highest BCUT2D eigenvalue weighted by Gasteiger charge is 2.19. The van der Waals surface area contributed by atoms with Crippen LogP contribution >= 0.6 is 0 Å². The summed E-state index contributed by atoms with van der Waals surface area (Å²) < 4.78 is 0. The van der Waals surface area contributed by atoms with Gasteiger partial charge in [-0.1, -0.05) is 19.9 Å². The van der Waals surface area contributed by atoms with Crippen molar-refractivity contribution in [2.75, 3.05) is 18.8 Å². The zero-order chi connectivity index (χ0) is 13.0. The molecule has 0 amide bonds. The molecule has 0 saturated carbocycles. The normalized spacial score (nSPS) is 22.1. The monoisotopic (exact) mass is 247 g/mol. The Hall–Kier alpha value is -1.09. The van der Waals surface area contributed by atoms with Gasteiger partial charge in [0.05, 0.1) is 0 Å². The van der Waals surface area contributed by atoms with Crippen molar-refractivity contribution >= 4 is 5.82 Å². The fourth-order valence-electron chi connectivity index (χ4n) is 2.79. The van der Waals surface area contributed by atoms with E-state index < -0.39 is 0 Å². The molecule has 0 radical (unpaired) electrons. The average Bonchev–Trinajstić information content (AvgIpc) is 2.58. The molecule has 1 atom stereocenters. The summed E-state index contributed by atoms with van der Waals surface area (Å²) in [6.45, 7) is 8.15. The summed E-state index contributed by atoms with van der Waals surface area (Å²) in [6.07, 6.45) is 5.94. The summed E-state index contributed by atoms with van der Waals surface area (Å²) in [7, 11) is 0. The maximum atomic E-state index is 5.61. The van der Waals surface area contributed by atoms with Gasteiger partial charge in [0, 0.05) is 12.7 Å². The molecular weight excluding hydrogens is 222 g/mol. The highest BCUT2D eigenvalue weighted by molar-refractivity contribution is 5.29. The maximum Gasteiger partial charge on any atom is 0.123 e. The second-order valence-electron chi connectivity index (χ2n) is 5.80. The van der Waals surface area contributed by atoms with Crippen molar-refractivity contribution in [3.8, 4) is 0 Å². The smallest absolute Gasteiger partial charge is 0.123 e. The summed E-state index contributed by atoms with van der Waals surface area (Å²) in [5.74, 6) is 2.33. The minimum atomic E-state index is 0.606. The van der Waals surface area contributed by atoms with E-state index in [4.69, 9.17) is 5.73 Å². The van der Waals surface area contributed by atoms with Crippen molar-refractivity contribution < 1.29 is 0 Å². The fraction of sp³-hybridized carbons (Fsp3) is 0.667. The Morgan fingerprint density at radius 2 is 2.17 bits per heavy atom. The molecule has 1 aliphatic heterocycles. The van der Waals surface area contributed by atoms with Crippen molar-refractivity contribution in [2.45, 2.75) is 39.7 Å². The minimum Gasteiger partial charge on any atom is -0.384 e. The van der Waals surface area contributed by atoms with E-state index in [-0.39, 0.29) is 0 Å². The zero-order valence-corrected chi connectivity index (χ0v) is 11.6. The van der Waals surface area contributed by atoms with E-state index in [1.54, 1.807) is 0 Å². The molecule has 2 heterocycles. The third-order valence-electron chi connectivity index (χ3n) is 4.06. The largest absolute Gasteiger partial charge is 0.384 e. The van der Waals surface area contributed by atoms with Gasteiger partial charge in [0.1, 0.15) is 5.82 Å². The van der Waals surface area contributed by atoms with Gasteiger partial charge < -0.3 is 5.73 Å². The Balaban J connectivity index is 1.88. The van der Waals surface area contributed by atoms with E-state index in [1.807, 2.05) is 12.3 Å². The van der Waals surface area contributed by atoms with Crippen molar-refractivity contribution in [3.05, 3.63) is 23.9 Å². The van der Waals surface area contributed by atoms with Crippen molar-refractivity contribution in [1.82, 2.24) is 9.88 Å². The first-order valence-electron chi connectivity index (χ1n) is 7.08. The number of nitrogen functional groups attached to an aromatic ring is 1. The van der Waals surface area contributed by atoms with E-state index in [2.05, 4.69) is 29.8 Å². The van der Waals surface area contributed by atoms with E-state index >= 15 is 0 Å². The third-order valence-corrected chi connectivity index (χ3v) is 4.06. The van der Waals surface area contributed by atoms with Crippen LogP contribution in [-0.4, -0.2) is 23.0 Å². The molecular formula is C15H25N3. The number of nitrogens with two attached hydrogens (primary N) is 1. The van der Waals surface area contributed by atoms with Gasteiger partial charge in [-0.15, -0.1) is 0 Å². The number of anilines is 1. The minimum absolute atomic E-state index is 0.606. The predicted molar refractivity (Wildman–Crippen MR) is 76.1 cm³/mol. The number of likely N-dealkylation sites (tertiary alicyclic amines) is 1. The molecule has 1 aromatic rings. The van der Waals surface area contributed by atoms with Crippen molar-refractivity contribution in [3.63, 3.8) is 0 Å². The number of pyridine rings is 1. The Bertz CT molecular complexity index is 359. The second-order valence-corrected chi connectivity index (χ2v) is 5.80. The summed E-state index contributed by atoms with van der Waals surface area (Å²) in [4.78, 5) is 6.71. The number of nitrogens with zero attached hydrogens (tertiary/aromatic N) is 2. The molecule has 0 aromatic carbocycles. The van der Waals surface area contributed by atoms with Gasteiger partial charge in [-0.2, -0.15) is 0 Å². The lowest BCUT2D eigenvalue weighted by Gasteiger charge is -2.21. The van der Waals surface area contributed by atoms with Crippen molar-refractivity contribution in [1.29, 1.82) is 0 Å². The number of rotatable bonds is 3. The van der Waals surface area contributed by atoms with Crippen LogP contribution in [0.25, 0.3) is 0 Å². The van der Waals surface area contributed by atoms with Gasteiger partial charge in [0.2, 0.25) is 0 Å². The molecule has 0 aliphatic carbocycles. The Kier molecular flexibility index (Phi) is 4.59. The van der Waals surface area contributed by atoms with Crippen LogP contribution < -0.4 is 5.73 Å². The molecule has 2 N–H and O–H groups in total. The Labute approximate surface area is 110 Å². The standard InChI is InChI=1S/C15H25N3/c1-12(2)14-4-3-8-18(9-7-14)11-13-5-6-15(16)17-10-13/h5-6,10,12,14H,3-4,7-9,11H2,1-2H3,(H2,16,17). The highest BCUT2D eigenvalue weighted by Crippen LogP contribution is 2.25. The van der Waals surface area contributed by atoms with Crippen LogP contribution in [0.15, 0.2) is 18.3 Å². The summed E-state index contributed by atoms with van der Waals surface area (Å²) in [6, 6.07) is 3.98. The van der Waals surface area contributed by atoms with Gasteiger partial charge in [0.25, 0.3) is 0 Å². The molecule has 1 fully saturated rings. The molecule has 3 heteroatoms. The second kappa shape index (κ2) is 6.19. The number of aromatic nitrogens is 1.